The van der Waals surface area contributed by atoms with Gasteiger partial charge in [0.1, 0.15) is 29.8 Å². The molecule has 0 radical (unpaired) electrons. The average molecular weight is 644 g/mol. The molecular weight excluding hydrogens is 602 g/mol. The number of nitrogens with zero attached hydrogens (tertiary/aromatic N) is 2. The molecule has 9 nitrogen and oxygen atoms in total. The van der Waals surface area contributed by atoms with E-state index in [0.29, 0.717) is 23.7 Å². The molecule has 0 saturated heterocycles. The summed E-state index contributed by atoms with van der Waals surface area (Å²) >= 11 is 0. The minimum atomic E-state index is -4.19. The predicted molar refractivity (Wildman–Crippen MR) is 179 cm³/mol. The van der Waals surface area contributed by atoms with Crippen LogP contribution in [0.3, 0.4) is 0 Å². The summed E-state index contributed by atoms with van der Waals surface area (Å²) in [5, 5.41) is 2.99. The quantitative estimate of drug-likeness (QED) is 0.161. The molecule has 4 aromatic carbocycles. The first-order chi connectivity index (χ1) is 22.2. The fourth-order valence-corrected chi connectivity index (χ4v) is 6.32. The number of amides is 2. The van der Waals surface area contributed by atoms with Gasteiger partial charge < -0.3 is 19.7 Å². The van der Waals surface area contributed by atoms with Crippen LogP contribution in [0.5, 0.6) is 17.2 Å². The van der Waals surface area contributed by atoms with Crippen LogP contribution in [-0.2, 0) is 26.2 Å². The van der Waals surface area contributed by atoms with Crippen molar-refractivity contribution < 1.29 is 27.5 Å². The normalized spacial score (nSPS) is 12.4. The Bertz CT molecular complexity index is 1680. The van der Waals surface area contributed by atoms with Crippen molar-refractivity contribution in [1.29, 1.82) is 0 Å². The van der Waals surface area contributed by atoms with Gasteiger partial charge in [-0.25, -0.2) is 8.42 Å². The van der Waals surface area contributed by atoms with Crippen molar-refractivity contribution in [2.24, 2.45) is 0 Å². The van der Waals surface area contributed by atoms with E-state index in [4.69, 9.17) is 9.47 Å². The van der Waals surface area contributed by atoms with Gasteiger partial charge in [0.25, 0.3) is 10.0 Å². The molecule has 4 rings (SSSR count). The summed E-state index contributed by atoms with van der Waals surface area (Å²) in [6.45, 7) is 5.24. The summed E-state index contributed by atoms with van der Waals surface area (Å²) in [7, 11) is -2.63. The molecule has 0 heterocycles. The largest absolute Gasteiger partial charge is 0.497 e. The molecule has 242 valence electrons. The Labute approximate surface area is 271 Å². The van der Waals surface area contributed by atoms with Crippen molar-refractivity contribution in [3.05, 3.63) is 115 Å². The lowest BCUT2D eigenvalue weighted by Crippen LogP contribution is -2.53. The van der Waals surface area contributed by atoms with Crippen LogP contribution in [0.15, 0.2) is 114 Å². The van der Waals surface area contributed by atoms with Crippen LogP contribution >= 0.6 is 0 Å². The van der Waals surface area contributed by atoms with Crippen molar-refractivity contribution in [3.8, 4) is 17.2 Å². The number of rotatable bonds is 15. The van der Waals surface area contributed by atoms with E-state index < -0.39 is 28.5 Å². The van der Waals surface area contributed by atoms with Crippen molar-refractivity contribution >= 4 is 27.5 Å². The maximum absolute atomic E-state index is 14.3. The lowest BCUT2D eigenvalue weighted by Gasteiger charge is -2.33. The Hall–Kier alpha value is -4.83. The second kappa shape index (κ2) is 15.9. The molecule has 0 aliphatic rings. The number of carbonyl (C=O) groups is 2. The number of nitrogens with one attached hydrogen (secondary N) is 1. The minimum absolute atomic E-state index is 0.0355. The number of carbonyl (C=O) groups excluding carboxylic acids is 2. The summed E-state index contributed by atoms with van der Waals surface area (Å²) in [4.78, 5) is 29.3. The maximum atomic E-state index is 14.3. The molecule has 0 spiro atoms. The molecule has 1 N–H and O–H groups in total. The van der Waals surface area contributed by atoms with Crippen LogP contribution in [0.2, 0.25) is 0 Å². The van der Waals surface area contributed by atoms with Crippen molar-refractivity contribution in [2.75, 3.05) is 18.0 Å². The van der Waals surface area contributed by atoms with E-state index in [-0.39, 0.29) is 29.1 Å². The van der Waals surface area contributed by atoms with Crippen molar-refractivity contribution in [2.45, 2.75) is 57.1 Å². The number of sulfonamides is 1. The second-order valence-electron chi connectivity index (χ2n) is 10.8. The van der Waals surface area contributed by atoms with Gasteiger partial charge >= 0.3 is 0 Å². The number of benzene rings is 4. The number of anilines is 1. The summed E-state index contributed by atoms with van der Waals surface area (Å²) < 4.78 is 40.6. The van der Waals surface area contributed by atoms with Crippen LogP contribution in [0.1, 0.15) is 39.2 Å². The molecule has 0 aliphatic carbocycles. The fourth-order valence-electron chi connectivity index (χ4n) is 4.88. The average Bonchev–Trinajstić information content (AvgIpc) is 3.08. The minimum Gasteiger partial charge on any atom is -0.497 e. The molecule has 4 aromatic rings. The SMILES string of the molecule is CC[C@H](C(=O)N[C@@H](C)CC)N(Cc1cccc(OC)c1)C(=O)CN(c1ccc(Oc2ccccc2)cc1)S(=O)(=O)c1ccccc1. The monoisotopic (exact) mass is 643 g/mol. The third-order valence-corrected chi connectivity index (χ3v) is 9.38. The first kappa shape index (κ1) is 34.1. The van der Waals surface area contributed by atoms with Crippen LogP contribution < -0.4 is 19.1 Å². The molecule has 0 aromatic heterocycles. The van der Waals surface area contributed by atoms with Crippen LogP contribution in [0, 0.1) is 0 Å². The van der Waals surface area contributed by atoms with Crippen LogP contribution in [-0.4, -0.2) is 50.9 Å². The molecular formula is C36H41N3O6S. The number of ether oxygens (including phenoxy) is 2. The zero-order valence-corrected chi connectivity index (χ0v) is 27.4. The molecule has 0 aliphatic heterocycles. The van der Waals surface area contributed by atoms with E-state index in [1.54, 1.807) is 61.7 Å². The summed E-state index contributed by atoms with van der Waals surface area (Å²) in [6, 6.07) is 30.0. The van der Waals surface area contributed by atoms with E-state index in [0.717, 1.165) is 16.3 Å². The molecule has 0 bridgehead atoms. The zero-order valence-electron chi connectivity index (χ0n) is 26.6. The highest BCUT2D eigenvalue weighted by Gasteiger charge is 2.34. The third kappa shape index (κ3) is 8.66. The summed E-state index contributed by atoms with van der Waals surface area (Å²) in [6.07, 6.45) is 1.05. The third-order valence-electron chi connectivity index (χ3n) is 7.59. The highest BCUT2D eigenvalue weighted by molar-refractivity contribution is 7.92. The Morgan fingerprint density at radius 2 is 1.39 bits per heavy atom. The van der Waals surface area contributed by atoms with Gasteiger partial charge in [-0.15, -0.1) is 0 Å². The smallest absolute Gasteiger partial charge is 0.264 e. The van der Waals surface area contributed by atoms with Crippen LogP contribution in [0.25, 0.3) is 0 Å². The summed E-state index contributed by atoms with van der Waals surface area (Å²) in [5.41, 5.74) is 1.01. The highest BCUT2D eigenvalue weighted by Crippen LogP contribution is 2.29. The Balaban J connectivity index is 1.72. The number of hydrogen-bond donors (Lipinski definition) is 1. The first-order valence-electron chi connectivity index (χ1n) is 15.3. The molecule has 2 atom stereocenters. The Morgan fingerprint density at radius 1 is 0.783 bits per heavy atom. The highest BCUT2D eigenvalue weighted by atomic mass is 32.2. The van der Waals surface area contributed by atoms with Gasteiger partial charge in [0, 0.05) is 12.6 Å². The van der Waals surface area contributed by atoms with E-state index >= 15 is 0 Å². The lowest BCUT2D eigenvalue weighted by atomic mass is 10.1. The van der Waals surface area contributed by atoms with Gasteiger partial charge in [-0.2, -0.15) is 0 Å². The van der Waals surface area contributed by atoms with Gasteiger partial charge in [-0.1, -0.05) is 62.4 Å². The molecule has 0 saturated carbocycles. The topological polar surface area (TPSA) is 105 Å². The van der Waals surface area contributed by atoms with Crippen molar-refractivity contribution in [1.82, 2.24) is 10.2 Å². The maximum Gasteiger partial charge on any atom is 0.264 e. The number of methoxy groups -OCH3 is 1. The van der Waals surface area contributed by atoms with Gasteiger partial charge in [0.15, 0.2) is 0 Å². The van der Waals surface area contributed by atoms with Crippen LogP contribution in [0.4, 0.5) is 5.69 Å². The van der Waals surface area contributed by atoms with E-state index in [9.17, 15) is 18.0 Å². The molecule has 10 heteroatoms. The Morgan fingerprint density at radius 3 is 2.00 bits per heavy atom. The van der Waals surface area contributed by atoms with Crippen molar-refractivity contribution in [3.63, 3.8) is 0 Å². The zero-order chi connectivity index (χ0) is 33.1. The fraction of sp³-hybridized carbons (Fsp3) is 0.278. The Kier molecular flexibility index (Phi) is 11.8. The lowest BCUT2D eigenvalue weighted by molar-refractivity contribution is -0.140. The van der Waals surface area contributed by atoms with E-state index in [1.165, 1.54) is 17.0 Å². The number of para-hydroxylation sites is 1. The molecule has 0 fully saturated rings. The van der Waals surface area contributed by atoms with E-state index in [1.807, 2.05) is 63.2 Å². The standard InChI is InChI=1S/C36H41N3O6S/c1-5-27(3)37-36(41)34(6-2)38(25-28-14-13-17-32(24-28)44-4)35(40)26-39(46(42,43)33-18-11-8-12-19-33)29-20-22-31(23-21-29)45-30-15-9-7-10-16-30/h7-24,27,34H,5-6,25-26H2,1-4H3,(H,37,41)/t27-,34+/m0/s1. The molecule has 2 amide bonds. The molecule has 0 unspecified atom stereocenters. The van der Waals surface area contributed by atoms with E-state index in [2.05, 4.69) is 5.32 Å². The predicted octanol–water partition coefficient (Wildman–Crippen LogP) is 6.40. The van der Waals surface area contributed by atoms with Gasteiger partial charge in [-0.05, 0) is 86.0 Å². The van der Waals surface area contributed by atoms with Gasteiger partial charge in [-0.3, -0.25) is 13.9 Å². The first-order valence-corrected chi connectivity index (χ1v) is 16.7. The molecule has 46 heavy (non-hydrogen) atoms. The van der Waals surface area contributed by atoms with Gasteiger partial charge in [0.2, 0.25) is 11.8 Å². The second-order valence-corrected chi connectivity index (χ2v) is 12.7. The number of hydrogen-bond acceptors (Lipinski definition) is 6. The summed E-state index contributed by atoms with van der Waals surface area (Å²) in [5.74, 6) is 0.915. The van der Waals surface area contributed by atoms with Gasteiger partial charge in [0.05, 0.1) is 17.7 Å².